The Morgan fingerprint density at radius 2 is 1.90 bits per heavy atom. The van der Waals surface area contributed by atoms with Gasteiger partial charge in [-0.05, 0) is 43.7 Å². The number of nitrogens with two attached hydrogens (primary N) is 1. The van der Waals surface area contributed by atoms with Gasteiger partial charge in [0.05, 0.1) is 16.4 Å². The molecule has 0 spiro atoms. The summed E-state index contributed by atoms with van der Waals surface area (Å²) in [5.74, 6) is 0. The van der Waals surface area contributed by atoms with E-state index >= 15 is 0 Å². The molecule has 2 heterocycles. The van der Waals surface area contributed by atoms with Crippen LogP contribution in [0, 0.1) is 13.8 Å². The van der Waals surface area contributed by atoms with Crippen LogP contribution in [0.2, 0.25) is 10.0 Å². The Labute approximate surface area is 127 Å². The molecule has 2 aromatic heterocycles. The number of pyridine rings is 1. The Balaban J connectivity index is 2.29. The molecule has 0 fully saturated rings. The van der Waals surface area contributed by atoms with E-state index in [4.69, 9.17) is 28.9 Å². The van der Waals surface area contributed by atoms with E-state index < -0.39 is 0 Å². The molecule has 3 nitrogen and oxygen atoms in total. The number of halogens is 2. The molecule has 0 aliphatic rings. The van der Waals surface area contributed by atoms with Gasteiger partial charge in [0.15, 0.2) is 0 Å². The minimum Gasteiger partial charge on any atom is -0.397 e. The van der Waals surface area contributed by atoms with Gasteiger partial charge in [0, 0.05) is 22.5 Å². The van der Waals surface area contributed by atoms with Gasteiger partial charge in [-0.15, -0.1) is 0 Å². The molecule has 102 valence electrons. The molecule has 5 heteroatoms. The smallest absolute Gasteiger partial charge is 0.138 e. The standard InChI is InChI=1S/C15H13Cl2N3/c1-8-5-14-19-15(9(2)20(14)7-13(8)18)11-4-3-10(16)6-12(11)17/h3-7H,18H2,1-2H3. The van der Waals surface area contributed by atoms with Crippen LogP contribution < -0.4 is 5.73 Å². The molecule has 2 N–H and O–H groups in total. The first kappa shape index (κ1) is 13.3. The van der Waals surface area contributed by atoms with Crippen LogP contribution in [0.4, 0.5) is 5.69 Å². The highest BCUT2D eigenvalue weighted by Gasteiger charge is 2.14. The van der Waals surface area contributed by atoms with Gasteiger partial charge in [-0.1, -0.05) is 23.2 Å². The highest BCUT2D eigenvalue weighted by atomic mass is 35.5. The molecule has 0 radical (unpaired) electrons. The second-order valence-electron chi connectivity index (χ2n) is 4.81. The van der Waals surface area contributed by atoms with Crippen LogP contribution in [0.25, 0.3) is 16.9 Å². The van der Waals surface area contributed by atoms with Crippen LogP contribution in [0.1, 0.15) is 11.3 Å². The Bertz CT molecular complexity index is 822. The molecule has 0 unspecified atom stereocenters. The fourth-order valence-corrected chi connectivity index (χ4v) is 2.75. The van der Waals surface area contributed by atoms with E-state index in [1.807, 2.05) is 42.6 Å². The van der Waals surface area contributed by atoms with Crippen molar-refractivity contribution in [2.45, 2.75) is 13.8 Å². The summed E-state index contributed by atoms with van der Waals surface area (Å²) in [6, 6.07) is 7.39. The fourth-order valence-electron chi connectivity index (χ4n) is 2.25. The predicted octanol–water partition coefficient (Wildman–Crippen LogP) is 4.51. The molecule has 20 heavy (non-hydrogen) atoms. The first-order valence-electron chi connectivity index (χ1n) is 6.17. The zero-order valence-electron chi connectivity index (χ0n) is 11.1. The van der Waals surface area contributed by atoms with Gasteiger partial charge in [0.2, 0.25) is 0 Å². The third-order valence-corrected chi connectivity index (χ3v) is 3.98. The van der Waals surface area contributed by atoms with Crippen molar-refractivity contribution in [3.05, 3.63) is 51.8 Å². The van der Waals surface area contributed by atoms with Gasteiger partial charge >= 0.3 is 0 Å². The third-order valence-electron chi connectivity index (χ3n) is 3.43. The van der Waals surface area contributed by atoms with E-state index in [1.165, 1.54) is 0 Å². The Kier molecular flexibility index (Phi) is 3.11. The van der Waals surface area contributed by atoms with Gasteiger partial charge in [-0.3, -0.25) is 0 Å². The van der Waals surface area contributed by atoms with Crippen LogP contribution in [0.15, 0.2) is 30.5 Å². The van der Waals surface area contributed by atoms with Crippen LogP contribution in [0.5, 0.6) is 0 Å². The Hall–Kier alpha value is -1.71. The molecule has 0 amide bonds. The lowest BCUT2D eigenvalue weighted by atomic mass is 10.1. The largest absolute Gasteiger partial charge is 0.397 e. The van der Waals surface area contributed by atoms with Crippen molar-refractivity contribution in [1.29, 1.82) is 0 Å². The number of imidazole rings is 1. The van der Waals surface area contributed by atoms with E-state index in [0.29, 0.717) is 10.0 Å². The lowest BCUT2D eigenvalue weighted by Gasteiger charge is -2.04. The molecule has 0 atom stereocenters. The minimum absolute atomic E-state index is 0.591. The van der Waals surface area contributed by atoms with Crippen molar-refractivity contribution in [2.75, 3.05) is 5.73 Å². The molecule has 3 aromatic rings. The summed E-state index contributed by atoms with van der Waals surface area (Å²) in [6.45, 7) is 3.96. The number of aryl methyl sites for hydroxylation is 2. The first-order chi connectivity index (χ1) is 9.47. The summed E-state index contributed by atoms with van der Waals surface area (Å²) < 4.78 is 1.97. The number of nitrogens with zero attached hydrogens (tertiary/aromatic N) is 2. The van der Waals surface area contributed by atoms with Crippen molar-refractivity contribution in [3.63, 3.8) is 0 Å². The summed E-state index contributed by atoms with van der Waals surface area (Å²) in [4.78, 5) is 4.65. The minimum atomic E-state index is 0.591. The molecule has 0 saturated carbocycles. The Morgan fingerprint density at radius 3 is 2.60 bits per heavy atom. The van der Waals surface area contributed by atoms with E-state index in [2.05, 4.69) is 4.98 Å². The number of rotatable bonds is 1. The number of fused-ring (bicyclic) bond motifs is 1. The van der Waals surface area contributed by atoms with Gasteiger partial charge in [-0.2, -0.15) is 0 Å². The first-order valence-corrected chi connectivity index (χ1v) is 6.93. The highest BCUT2D eigenvalue weighted by Crippen LogP contribution is 2.32. The molecule has 0 saturated heterocycles. The molecule has 0 aliphatic heterocycles. The predicted molar refractivity (Wildman–Crippen MR) is 84.5 cm³/mol. The van der Waals surface area contributed by atoms with Crippen LogP contribution in [-0.4, -0.2) is 9.38 Å². The van der Waals surface area contributed by atoms with Crippen LogP contribution in [-0.2, 0) is 0 Å². The van der Waals surface area contributed by atoms with Crippen molar-refractivity contribution in [2.24, 2.45) is 0 Å². The second-order valence-corrected chi connectivity index (χ2v) is 5.65. The van der Waals surface area contributed by atoms with Gasteiger partial charge in [-0.25, -0.2) is 4.98 Å². The van der Waals surface area contributed by atoms with E-state index in [9.17, 15) is 0 Å². The number of benzene rings is 1. The van der Waals surface area contributed by atoms with E-state index in [1.54, 1.807) is 6.07 Å². The lowest BCUT2D eigenvalue weighted by molar-refractivity contribution is 1.11. The average molecular weight is 306 g/mol. The van der Waals surface area contributed by atoms with Crippen molar-refractivity contribution in [1.82, 2.24) is 9.38 Å². The topological polar surface area (TPSA) is 43.3 Å². The zero-order valence-corrected chi connectivity index (χ0v) is 12.6. The number of hydrogen-bond donors (Lipinski definition) is 1. The monoisotopic (exact) mass is 305 g/mol. The van der Waals surface area contributed by atoms with Crippen molar-refractivity contribution in [3.8, 4) is 11.3 Å². The highest BCUT2D eigenvalue weighted by molar-refractivity contribution is 6.36. The van der Waals surface area contributed by atoms with E-state index in [0.717, 1.165) is 33.8 Å². The summed E-state index contributed by atoms with van der Waals surface area (Å²) >= 11 is 12.2. The number of aromatic nitrogens is 2. The average Bonchev–Trinajstić information content (AvgIpc) is 2.68. The summed E-state index contributed by atoms with van der Waals surface area (Å²) in [5.41, 5.74) is 11.3. The molecule has 0 aliphatic carbocycles. The molecule has 0 bridgehead atoms. The number of hydrogen-bond acceptors (Lipinski definition) is 2. The lowest BCUT2D eigenvalue weighted by Crippen LogP contribution is -1.95. The maximum absolute atomic E-state index is 6.27. The summed E-state index contributed by atoms with van der Waals surface area (Å²) in [6.07, 6.45) is 1.89. The molecular weight excluding hydrogens is 293 g/mol. The molecule has 3 rings (SSSR count). The second kappa shape index (κ2) is 4.69. The van der Waals surface area contributed by atoms with Crippen molar-refractivity contribution >= 4 is 34.5 Å². The quantitative estimate of drug-likeness (QED) is 0.719. The SMILES string of the molecule is Cc1cc2nc(-c3ccc(Cl)cc3Cl)c(C)n2cc1N. The summed E-state index contributed by atoms with van der Waals surface area (Å²) in [7, 11) is 0. The molecular formula is C15H13Cl2N3. The van der Waals surface area contributed by atoms with Gasteiger partial charge in [0.25, 0.3) is 0 Å². The fraction of sp³-hybridized carbons (Fsp3) is 0.133. The zero-order chi connectivity index (χ0) is 14.4. The maximum atomic E-state index is 6.27. The number of nitrogen functional groups attached to an aromatic ring is 1. The van der Waals surface area contributed by atoms with Crippen molar-refractivity contribution < 1.29 is 0 Å². The Morgan fingerprint density at radius 1 is 1.15 bits per heavy atom. The van der Waals surface area contributed by atoms with Gasteiger partial charge in [0.1, 0.15) is 5.65 Å². The normalized spacial score (nSPS) is 11.2. The summed E-state index contributed by atoms with van der Waals surface area (Å²) in [5, 5.41) is 1.20. The van der Waals surface area contributed by atoms with Crippen LogP contribution >= 0.6 is 23.2 Å². The van der Waals surface area contributed by atoms with E-state index in [-0.39, 0.29) is 0 Å². The van der Waals surface area contributed by atoms with Crippen LogP contribution in [0.3, 0.4) is 0 Å². The maximum Gasteiger partial charge on any atom is 0.138 e. The molecule has 1 aromatic carbocycles. The third kappa shape index (κ3) is 2.03. The number of anilines is 1. The van der Waals surface area contributed by atoms with Gasteiger partial charge < -0.3 is 10.1 Å².